The summed E-state index contributed by atoms with van der Waals surface area (Å²) in [6.45, 7) is 7.08. The average Bonchev–Trinajstić information content (AvgIpc) is 3.01. The average molecular weight is 670 g/mol. The van der Waals surface area contributed by atoms with Crippen molar-refractivity contribution in [1.82, 2.24) is 16.0 Å². The zero-order valence-corrected chi connectivity index (χ0v) is 27.6. The first-order valence-corrected chi connectivity index (χ1v) is 15.8. The van der Waals surface area contributed by atoms with Gasteiger partial charge in [0.2, 0.25) is 17.7 Å². The molecule has 2 aromatic rings. The second kappa shape index (κ2) is 19.1. The quantitative estimate of drug-likeness (QED) is 0.106. The highest BCUT2D eigenvalue weighted by Gasteiger charge is 2.34. The van der Waals surface area contributed by atoms with Crippen LogP contribution in [0.3, 0.4) is 0 Å². The highest BCUT2D eigenvalue weighted by molar-refractivity contribution is 5.96. The number of aliphatic hydroxyl groups is 1. The molecule has 5 atom stereocenters. The Kier molecular flexibility index (Phi) is 15.7. The minimum atomic E-state index is -1.72. The molecular weight excluding hydrogens is 622 g/mol. The molecular formula is C34H47N5O9. The molecule has 0 aliphatic carbocycles. The monoisotopic (exact) mass is 669 g/mol. The third-order valence-corrected chi connectivity index (χ3v) is 7.45. The Morgan fingerprint density at radius 1 is 0.729 bits per heavy atom. The maximum Gasteiger partial charge on any atom is 0.307 e. The van der Waals surface area contributed by atoms with Crippen LogP contribution in [0, 0.1) is 11.8 Å². The molecule has 0 unspecified atom stereocenters. The number of aliphatic carboxylic acids is 2. The fraction of sp³-hybridized carbons (Fsp3) is 0.471. The molecule has 0 radical (unpaired) electrons. The van der Waals surface area contributed by atoms with Gasteiger partial charge in [0.1, 0.15) is 12.1 Å². The number of hydrogen-bond acceptors (Lipinski definition) is 8. The van der Waals surface area contributed by atoms with Crippen molar-refractivity contribution in [2.24, 2.45) is 17.6 Å². The van der Waals surface area contributed by atoms with E-state index >= 15 is 0 Å². The van der Waals surface area contributed by atoms with Crippen LogP contribution in [0.25, 0.3) is 0 Å². The Bertz CT molecular complexity index is 1400. The van der Waals surface area contributed by atoms with Gasteiger partial charge in [-0.1, -0.05) is 70.2 Å². The summed E-state index contributed by atoms with van der Waals surface area (Å²) in [6, 6.07) is 10.5. The van der Waals surface area contributed by atoms with E-state index in [0.29, 0.717) is 11.3 Å². The Hall–Kier alpha value is -4.82. The Morgan fingerprint density at radius 3 is 1.90 bits per heavy atom. The molecule has 0 saturated carbocycles. The predicted molar refractivity (Wildman–Crippen MR) is 177 cm³/mol. The number of hydrogen-bond donors (Lipinski definition) is 8. The van der Waals surface area contributed by atoms with Crippen LogP contribution >= 0.6 is 0 Å². The number of nitrogens with two attached hydrogens (primary N) is 1. The van der Waals surface area contributed by atoms with E-state index in [0.717, 1.165) is 5.56 Å². The number of benzene rings is 2. The molecule has 2 aromatic carbocycles. The van der Waals surface area contributed by atoms with Crippen molar-refractivity contribution in [3.63, 3.8) is 0 Å². The van der Waals surface area contributed by atoms with Gasteiger partial charge in [-0.3, -0.25) is 28.8 Å². The summed E-state index contributed by atoms with van der Waals surface area (Å²) < 4.78 is 0. The molecule has 0 aromatic heterocycles. The topological polar surface area (TPSA) is 237 Å². The Balaban J connectivity index is 2.24. The fourth-order valence-corrected chi connectivity index (χ4v) is 4.84. The van der Waals surface area contributed by atoms with Gasteiger partial charge in [-0.25, -0.2) is 0 Å². The molecule has 0 bridgehead atoms. The molecule has 9 N–H and O–H groups in total. The van der Waals surface area contributed by atoms with Gasteiger partial charge in [0, 0.05) is 12.1 Å². The van der Waals surface area contributed by atoms with E-state index in [1.165, 1.54) is 24.3 Å². The van der Waals surface area contributed by atoms with Gasteiger partial charge in [0.25, 0.3) is 5.91 Å². The number of rotatable bonds is 19. The van der Waals surface area contributed by atoms with Crippen molar-refractivity contribution in [3.05, 3.63) is 65.7 Å². The van der Waals surface area contributed by atoms with E-state index in [1.54, 1.807) is 44.2 Å². The van der Waals surface area contributed by atoms with Gasteiger partial charge in [-0.15, -0.1) is 0 Å². The van der Waals surface area contributed by atoms with E-state index in [2.05, 4.69) is 21.3 Å². The van der Waals surface area contributed by atoms with Crippen LogP contribution in [0.15, 0.2) is 54.6 Å². The lowest BCUT2D eigenvalue weighted by Gasteiger charge is -2.29. The normalized spacial score (nSPS) is 14.2. The molecule has 0 aliphatic rings. The third-order valence-electron chi connectivity index (χ3n) is 7.45. The van der Waals surface area contributed by atoms with Crippen LogP contribution in [-0.2, 0) is 41.6 Å². The highest BCUT2D eigenvalue weighted by atomic mass is 16.4. The molecule has 0 heterocycles. The van der Waals surface area contributed by atoms with Crippen molar-refractivity contribution >= 4 is 41.3 Å². The van der Waals surface area contributed by atoms with Crippen LogP contribution in [0.4, 0.5) is 5.69 Å². The van der Waals surface area contributed by atoms with Gasteiger partial charge in [0.15, 0.2) is 6.10 Å². The number of amides is 4. The van der Waals surface area contributed by atoms with Gasteiger partial charge in [-0.05, 0) is 54.4 Å². The number of carboxylic acids is 2. The van der Waals surface area contributed by atoms with E-state index in [-0.39, 0.29) is 38.0 Å². The minimum absolute atomic E-state index is 0.0672. The summed E-state index contributed by atoms with van der Waals surface area (Å²) in [5.74, 6) is -5.44. The summed E-state index contributed by atoms with van der Waals surface area (Å²) in [5, 5.41) is 39.6. The minimum Gasteiger partial charge on any atom is -0.481 e. The zero-order chi connectivity index (χ0) is 36.0. The summed E-state index contributed by atoms with van der Waals surface area (Å²) in [7, 11) is 0. The van der Waals surface area contributed by atoms with Crippen molar-refractivity contribution in [2.45, 2.75) is 90.1 Å². The Morgan fingerprint density at radius 2 is 1.35 bits per heavy atom. The van der Waals surface area contributed by atoms with Crippen LogP contribution in [-0.4, -0.2) is 81.2 Å². The number of carbonyl (C=O) groups excluding carboxylic acids is 4. The lowest BCUT2D eigenvalue weighted by Crippen LogP contribution is -2.59. The molecule has 14 nitrogen and oxygen atoms in total. The van der Waals surface area contributed by atoms with Crippen molar-refractivity contribution in [1.29, 1.82) is 0 Å². The van der Waals surface area contributed by atoms with Crippen LogP contribution < -0.4 is 27.0 Å². The van der Waals surface area contributed by atoms with Gasteiger partial charge in [0.05, 0.1) is 18.5 Å². The molecule has 4 amide bonds. The Labute approximate surface area is 279 Å². The second-order valence-electron chi connectivity index (χ2n) is 12.5. The molecule has 48 heavy (non-hydrogen) atoms. The van der Waals surface area contributed by atoms with E-state index < -0.39 is 71.8 Å². The van der Waals surface area contributed by atoms with Crippen LogP contribution in [0.5, 0.6) is 0 Å². The molecule has 14 heteroatoms. The summed E-state index contributed by atoms with van der Waals surface area (Å²) >= 11 is 0. The number of anilines is 1. The van der Waals surface area contributed by atoms with Gasteiger partial charge >= 0.3 is 11.9 Å². The number of aliphatic hydroxyl groups excluding tert-OH is 1. The molecule has 0 spiro atoms. The first-order valence-electron chi connectivity index (χ1n) is 15.8. The number of nitrogens with one attached hydrogen (secondary N) is 4. The first-order chi connectivity index (χ1) is 22.6. The van der Waals surface area contributed by atoms with E-state index in [1.807, 2.05) is 13.8 Å². The smallest absolute Gasteiger partial charge is 0.307 e. The molecule has 262 valence electrons. The lowest BCUT2D eigenvalue weighted by atomic mass is 9.97. The second-order valence-corrected chi connectivity index (χ2v) is 12.5. The highest BCUT2D eigenvalue weighted by Crippen LogP contribution is 2.15. The number of carbonyl (C=O) groups is 6. The van der Waals surface area contributed by atoms with Crippen LogP contribution in [0.1, 0.15) is 58.1 Å². The van der Waals surface area contributed by atoms with Crippen LogP contribution in [0.2, 0.25) is 0 Å². The molecule has 2 rings (SSSR count). The largest absolute Gasteiger partial charge is 0.481 e. The van der Waals surface area contributed by atoms with Gasteiger partial charge in [-0.2, -0.15) is 0 Å². The lowest BCUT2D eigenvalue weighted by molar-refractivity contribution is -0.138. The predicted octanol–water partition coefficient (Wildman–Crippen LogP) is 1.20. The maximum atomic E-state index is 13.7. The fourth-order valence-electron chi connectivity index (χ4n) is 4.84. The molecule has 0 aliphatic heterocycles. The van der Waals surface area contributed by atoms with Crippen molar-refractivity contribution < 1.29 is 44.1 Å². The van der Waals surface area contributed by atoms with Crippen molar-refractivity contribution in [3.8, 4) is 0 Å². The third kappa shape index (κ3) is 13.5. The first kappa shape index (κ1) is 39.4. The summed E-state index contributed by atoms with van der Waals surface area (Å²) in [4.78, 5) is 74.8. The molecule has 0 fully saturated rings. The summed E-state index contributed by atoms with van der Waals surface area (Å²) in [5.41, 5.74) is 7.38. The van der Waals surface area contributed by atoms with Crippen molar-refractivity contribution in [2.75, 3.05) is 5.32 Å². The van der Waals surface area contributed by atoms with E-state index in [9.17, 15) is 33.9 Å². The SMILES string of the molecule is CC(C)C[C@H](NC(=O)[C@@H](NC(=O)[C@@H](N)CCC(=O)O)C(C)C)C(=O)N[C@@H](Cc1ccccc1)[C@@H](O)C(=O)Nc1ccc(CC(=O)O)cc1. The summed E-state index contributed by atoms with van der Waals surface area (Å²) in [6.07, 6.45) is -2.10. The standard InChI is InChI=1S/C34H47N5O9/c1-19(2)16-26(38-33(47)29(20(3)4)39-31(45)24(35)14-15-27(40)41)32(46)37-25(17-21-8-6-5-7-9-21)30(44)34(48)36-23-12-10-22(11-13-23)18-28(42)43/h5-13,19-20,24-26,29-30,44H,14-18,35H2,1-4H3,(H,36,48)(H,37,46)(H,38,47)(H,39,45)(H,40,41)(H,42,43)/t24-,25-,26-,29-,30+/m0/s1. The van der Waals surface area contributed by atoms with Gasteiger partial charge < -0.3 is 42.3 Å². The number of carboxylic acid groups (broad SMARTS) is 2. The molecule has 0 saturated heterocycles. The zero-order valence-electron chi connectivity index (χ0n) is 27.6. The maximum absolute atomic E-state index is 13.7. The van der Waals surface area contributed by atoms with E-state index in [4.69, 9.17) is 15.9 Å².